The van der Waals surface area contributed by atoms with Crippen molar-refractivity contribution >= 4 is 16.9 Å². The van der Waals surface area contributed by atoms with Crippen LogP contribution in [0.2, 0.25) is 0 Å². The molecule has 0 spiro atoms. The number of nitrogens with one attached hydrogen (secondary N) is 1. The molecule has 0 aromatic carbocycles. The number of unbranched alkanes of at least 4 members (excludes halogenated alkanes) is 12. The van der Waals surface area contributed by atoms with E-state index in [0.29, 0.717) is 0 Å². The van der Waals surface area contributed by atoms with Gasteiger partial charge in [-0.25, -0.2) is 0 Å². The average Bonchev–Trinajstić information content (AvgIpc) is 2.50. The summed E-state index contributed by atoms with van der Waals surface area (Å²) in [5, 5.41) is 7.38. The summed E-state index contributed by atoms with van der Waals surface area (Å²) in [4.78, 5) is 0. The second kappa shape index (κ2) is 18.6. The Bertz CT molecular complexity index is 264. The van der Waals surface area contributed by atoms with Gasteiger partial charge in [0.15, 0.2) is 5.17 Å². The molecule has 3 heteroatoms. The van der Waals surface area contributed by atoms with E-state index in [9.17, 15) is 0 Å². The molecule has 0 rings (SSSR count). The molecule has 130 valence electrons. The molecule has 0 saturated carbocycles. The lowest BCUT2D eigenvalue weighted by atomic mass is 10.1. The zero-order valence-corrected chi connectivity index (χ0v) is 15.6. The number of thioether (sulfide) groups is 1. The summed E-state index contributed by atoms with van der Waals surface area (Å²) in [7, 11) is 0. The van der Waals surface area contributed by atoms with Crippen LogP contribution in [0, 0.1) is 5.41 Å². The van der Waals surface area contributed by atoms with Gasteiger partial charge in [0, 0.05) is 5.75 Å². The highest BCUT2D eigenvalue weighted by Crippen LogP contribution is 2.11. The van der Waals surface area contributed by atoms with Gasteiger partial charge in [0.1, 0.15) is 0 Å². The fraction of sp³-hybridized carbons (Fsp3) is 0.842. The van der Waals surface area contributed by atoms with Gasteiger partial charge in [-0.15, -0.1) is 0 Å². The second-order valence-electron chi connectivity index (χ2n) is 6.15. The zero-order chi connectivity index (χ0) is 16.3. The molecule has 0 amide bonds. The Morgan fingerprint density at radius 3 is 1.73 bits per heavy atom. The third kappa shape index (κ3) is 19.6. The summed E-state index contributed by atoms with van der Waals surface area (Å²) in [6.07, 6.45) is 23.6. The van der Waals surface area contributed by atoms with Gasteiger partial charge >= 0.3 is 0 Å². The van der Waals surface area contributed by atoms with Gasteiger partial charge in [0.05, 0.1) is 0 Å². The van der Waals surface area contributed by atoms with E-state index in [2.05, 4.69) is 19.1 Å². The van der Waals surface area contributed by atoms with Crippen molar-refractivity contribution < 1.29 is 0 Å². The summed E-state index contributed by atoms with van der Waals surface area (Å²) in [5.74, 6) is 1.01. The van der Waals surface area contributed by atoms with Crippen LogP contribution in [0.5, 0.6) is 0 Å². The van der Waals surface area contributed by atoms with Crippen molar-refractivity contribution in [1.29, 1.82) is 5.41 Å². The van der Waals surface area contributed by atoms with Crippen LogP contribution in [0.15, 0.2) is 12.2 Å². The predicted molar refractivity (Wildman–Crippen MR) is 104 cm³/mol. The van der Waals surface area contributed by atoms with Crippen LogP contribution in [0.1, 0.15) is 96.8 Å². The van der Waals surface area contributed by atoms with Crippen LogP contribution in [0.25, 0.3) is 0 Å². The minimum absolute atomic E-state index is 0.257. The SMILES string of the molecule is CCCCCCCC/C=C\CCCCCCCCSC(=N)N. The van der Waals surface area contributed by atoms with Crippen molar-refractivity contribution in [1.82, 2.24) is 0 Å². The average molecular weight is 327 g/mol. The van der Waals surface area contributed by atoms with Crippen molar-refractivity contribution in [3.05, 3.63) is 12.2 Å². The molecule has 0 heterocycles. The van der Waals surface area contributed by atoms with Gasteiger partial charge in [0.2, 0.25) is 0 Å². The maximum atomic E-state index is 7.12. The van der Waals surface area contributed by atoms with Crippen molar-refractivity contribution in [2.24, 2.45) is 5.73 Å². The molecule has 0 aliphatic rings. The topological polar surface area (TPSA) is 49.9 Å². The fourth-order valence-corrected chi connectivity index (χ4v) is 3.10. The summed E-state index contributed by atoms with van der Waals surface area (Å²) in [6.45, 7) is 2.27. The molecule has 0 bridgehead atoms. The lowest BCUT2D eigenvalue weighted by Crippen LogP contribution is -2.04. The van der Waals surface area contributed by atoms with Gasteiger partial charge in [-0.05, 0) is 32.1 Å². The third-order valence-electron chi connectivity index (χ3n) is 3.91. The minimum atomic E-state index is 0.257. The number of nitrogens with two attached hydrogens (primary N) is 1. The summed E-state index contributed by atoms with van der Waals surface area (Å²) >= 11 is 1.47. The Balaban J connectivity index is 3.06. The maximum Gasteiger partial charge on any atom is 0.151 e. The molecular weight excluding hydrogens is 288 g/mol. The van der Waals surface area contributed by atoms with Gasteiger partial charge in [-0.1, -0.05) is 88.6 Å². The van der Waals surface area contributed by atoms with E-state index in [-0.39, 0.29) is 5.17 Å². The molecule has 0 aromatic heterocycles. The van der Waals surface area contributed by atoms with E-state index in [1.165, 1.54) is 102 Å². The predicted octanol–water partition coefficient (Wildman–Crippen LogP) is 6.65. The van der Waals surface area contributed by atoms with Crippen LogP contribution in [-0.2, 0) is 0 Å². The number of allylic oxidation sites excluding steroid dienone is 2. The van der Waals surface area contributed by atoms with Crippen molar-refractivity contribution in [3.8, 4) is 0 Å². The molecule has 0 fully saturated rings. The molecule has 0 aliphatic heterocycles. The Labute approximate surface area is 143 Å². The fourth-order valence-electron chi connectivity index (χ4n) is 2.53. The first-order chi connectivity index (χ1) is 10.8. The van der Waals surface area contributed by atoms with Crippen LogP contribution in [0.3, 0.4) is 0 Å². The van der Waals surface area contributed by atoms with E-state index in [0.717, 1.165) is 5.75 Å². The van der Waals surface area contributed by atoms with E-state index < -0.39 is 0 Å². The molecular formula is C19H38N2S. The summed E-state index contributed by atoms with van der Waals surface area (Å²) < 4.78 is 0. The number of hydrogen-bond acceptors (Lipinski definition) is 2. The van der Waals surface area contributed by atoms with Crippen LogP contribution in [-0.4, -0.2) is 10.9 Å². The van der Waals surface area contributed by atoms with E-state index in [1.807, 2.05) is 0 Å². The third-order valence-corrected chi connectivity index (χ3v) is 4.72. The highest BCUT2D eigenvalue weighted by Gasteiger charge is 1.93. The standard InChI is InChI=1S/C19H38N2S/c1-2-3-4-5-6-7-8-9-10-11-12-13-14-15-16-17-18-22-19(20)21/h9-10H,2-8,11-18H2,1H3,(H3,20,21)/b10-9-. The molecule has 0 saturated heterocycles. The minimum Gasteiger partial charge on any atom is -0.379 e. The van der Waals surface area contributed by atoms with E-state index >= 15 is 0 Å². The van der Waals surface area contributed by atoms with E-state index in [4.69, 9.17) is 11.1 Å². The zero-order valence-electron chi connectivity index (χ0n) is 14.7. The van der Waals surface area contributed by atoms with Gasteiger partial charge < -0.3 is 5.73 Å². The first-order valence-corrected chi connectivity index (χ1v) is 10.4. The monoisotopic (exact) mass is 326 g/mol. The van der Waals surface area contributed by atoms with E-state index in [1.54, 1.807) is 0 Å². The molecule has 0 unspecified atom stereocenters. The van der Waals surface area contributed by atoms with Crippen LogP contribution >= 0.6 is 11.8 Å². The van der Waals surface area contributed by atoms with Crippen molar-refractivity contribution in [3.63, 3.8) is 0 Å². The molecule has 3 N–H and O–H groups in total. The smallest absolute Gasteiger partial charge is 0.151 e. The van der Waals surface area contributed by atoms with Gasteiger partial charge in [-0.2, -0.15) is 0 Å². The summed E-state index contributed by atoms with van der Waals surface area (Å²) in [5.41, 5.74) is 5.30. The number of hydrogen-bond donors (Lipinski definition) is 2. The van der Waals surface area contributed by atoms with Gasteiger partial charge in [0.25, 0.3) is 0 Å². The Kier molecular flexibility index (Phi) is 18.2. The molecule has 0 aliphatic carbocycles. The normalized spacial score (nSPS) is 11.3. The highest BCUT2D eigenvalue weighted by molar-refractivity contribution is 8.13. The highest BCUT2D eigenvalue weighted by atomic mass is 32.2. The first-order valence-electron chi connectivity index (χ1n) is 9.39. The molecule has 0 aromatic rings. The quantitative estimate of drug-likeness (QED) is 0.144. The molecule has 22 heavy (non-hydrogen) atoms. The number of amidine groups is 1. The van der Waals surface area contributed by atoms with Crippen LogP contribution < -0.4 is 5.73 Å². The van der Waals surface area contributed by atoms with Crippen LogP contribution in [0.4, 0.5) is 0 Å². The summed E-state index contributed by atoms with van der Waals surface area (Å²) in [6, 6.07) is 0. The molecule has 0 atom stereocenters. The number of rotatable bonds is 16. The Hall–Kier alpha value is -0.440. The van der Waals surface area contributed by atoms with Gasteiger partial charge in [-0.3, -0.25) is 5.41 Å². The Morgan fingerprint density at radius 1 is 0.773 bits per heavy atom. The molecule has 0 radical (unpaired) electrons. The second-order valence-corrected chi connectivity index (χ2v) is 7.29. The lowest BCUT2D eigenvalue weighted by Gasteiger charge is -2.01. The lowest BCUT2D eigenvalue weighted by molar-refractivity contribution is 0.607. The largest absolute Gasteiger partial charge is 0.379 e. The first kappa shape index (κ1) is 21.6. The Morgan fingerprint density at radius 2 is 1.23 bits per heavy atom. The van der Waals surface area contributed by atoms with Crippen molar-refractivity contribution in [2.75, 3.05) is 5.75 Å². The maximum absolute atomic E-state index is 7.12. The molecule has 2 nitrogen and oxygen atoms in total. The van der Waals surface area contributed by atoms with Crippen molar-refractivity contribution in [2.45, 2.75) is 96.8 Å².